The standard InChI is InChI=1S/C20H24N4O3S/c1-4-10-23-17-16(18(26)24(11-5-2)20(23)27)21-19(22-17)28-12-15(25)14-8-6-13(3)7-9-14/h6-9H,4-5,10-12H2,1-3H3,(H,21,22). The Labute approximate surface area is 166 Å². The highest BCUT2D eigenvalue weighted by molar-refractivity contribution is 7.99. The number of nitrogens with one attached hydrogen (secondary N) is 1. The highest BCUT2D eigenvalue weighted by Crippen LogP contribution is 2.19. The Bertz CT molecular complexity index is 1110. The number of hydrogen-bond donors (Lipinski definition) is 1. The first kappa shape index (κ1) is 20.1. The lowest BCUT2D eigenvalue weighted by Crippen LogP contribution is -2.40. The summed E-state index contributed by atoms with van der Waals surface area (Å²) in [6.07, 6.45) is 1.44. The summed E-state index contributed by atoms with van der Waals surface area (Å²) in [4.78, 5) is 45.2. The molecule has 0 aliphatic heterocycles. The normalized spacial score (nSPS) is 11.2. The average Bonchev–Trinajstić information content (AvgIpc) is 3.11. The number of rotatable bonds is 8. The van der Waals surface area contributed by atoms with E-state index < -0.39 is 0 Å². The van der Waals surface area contributed by atoms with Gasteiger partial charge in [0.25, 0.3) is 5.56 Å². The molecule has 0 unspecified atom stereocenters. The summed E-state index contributed by atoms with van der Waals surface area (Å²) in [6.45, 7) is 6.71. The van der Waals surface area contributed by atoms with Crippen LogP contribution in [-0.4, -0.2) is 30.6 Å². The lowest BCUT2D eigenvalue weighted by Gasteiger charge is -2.09. The molecular formula is C20H24N4O3S. The van der Waals surface area contributed by atoms with Crippen LogP contribution in [0.3, 0.4) is 0 Å². The molecule has 1 aromatic carbocycles. The van der Waals surface area contributed by atoms with E-state index in [-0.39, 0.29) is 22.8 Å². The van der Waals surface area contributed by atoms with Crippen molar-refractivity contribution in [3.8, 4) is 0 Å². The monoisotopic (exact) mass is 400 g/mol. The fraction of sp³-hybridized carbons (Fsp3) is 0.400. The molecule has 0 spiro atoms. The van der Waals surface area contributed by atoms with E-state index in [2.05, 4.69) is 9.97 Å². The molecule has 0 saturated heterocycles. The molecular weight excluding hydrogens is 376 g/mol. The molecule has 3 aromatic rings. The van der Waals surface area contributed by atoms with Gasteiger partial charge in [0, 0.05) is 18.7 Å². The van der Waals surface area contributed by atoms with Gasteiger partial charge in [-0.3, -0.25) is 18.7 Å². The summed E-state index contributed by atoms with van der Waals surface area (Å²) < 4.78 is 2.79. The molecule has 0 fully saturated rings. The predicted octanol–water partition coefficient (Wildman–Crippen LogP) is 2.99. The van der Waals surface area contributed by atoms with Crippen molar-refractivity contribution in [3.63, 3.8) is 0 Å². The van der Waals surface area contributed by atoms with Crippen LogP contribution >= 0.6 is 11.8 Å². The van der Waals surface area contributed by atoms with Crippen LogP contribution in [-0.2, 0) is 13.1 Å². The summed E-state index contributed by atoms with van der Waals surface area (Å²) >= 11 is 1.23. The fourth-order valence-electron chi connectivity index (χ4n) is 3.02. The molecule has 0 bridgehead atoms. The van der Waals surface area contributed by atoms with Crippen LogP contribution < -0.4 is 11.2 Å². The summed E-state index contributed by atoms with van der Waals surface area (Å²) in [5.41, 5.74) is 1.71. The second-order valence-electron chi connectivity index (χ2n) is 6.71. The van der Waals surface area contributed by atoms with Crippen LogP contribution in [0.4, 0.5) is 0 Å². The van der Waals surface area contributed by atoms with Crippen molar-refractivity contribution in [1.82, 2.24) is 19.1 Å². The Morgan fingerprint density at radius 1 is 1.07 bits per heavy atom. The minimum absolute atomic E-state index is 0.0141. The largest absolute Gasteiger partial charge is 0.332 e. The van der Waals surface area contributed by atoms with Crippen molar-refractivity contribution in [1.29, 1.82) is 0 Å². The van der Waals surface area contributed by atoms with E-state index >= 15 is 0 Å². The highest BCUT2D eigenvalue weighted by Gasteiger charge is 2.17. The van der Waals surface area contributed by atoms with Crippen molar-refractivity contribution >= 4 is 28.7 Å². The first-order valence-electron chi connectivity index (χ1n) is 9.42. The number of aromatic nitrogens is 4. The second-order valence-corrected chi connectivity index (χ2v) is 7.67. The third-order valence-corrected chi connectivity index (χ3v) is 5.32. The van der Waals surface area contributed by atoms with Crippen molar-refractivity contribution in [2.24, 2.45) is 0 Å². The third kappa shape index (κ3) is 3.96. The highest BCUT2D eigenvalue weighted by atomic mass is 32.2. The number of aryl methyl sites for hydroxylation is 2. The van der Waals surface area contributed by atoms with E-state index in [9.17, 15) is 14.4 Å². The van der Waals surface area contributed by atoms with Crippen molar-refractivity contribution in [3.05, 3.63) is 56.2 Å². The number of carbonyl (C=O) groups is 1. The van der Waals surface area contributed by atoms with E-state index in [1.165, 1.54) is 20.9 Å². The molecule has 2 aromatic heterocycles. The van der Waals surface area contributed by atoms with Crippen molar-refractivity contribution in [2.45, 2.75) is 51.9 Å². The van der Waals surface area contributed by atoms with Crippen LogP contribution in [0.25, 0.3) is 11.2 Å². The van der Waals surface area contributed by atoms with Gasteiger partial charge in [0.1, 0.15) is 0 Å². The molecule has 0 radical (unpaired) electrons. The van der Waals surface area contributed by atoms with Crippen LogP contribution in [0.2, 0.25) is 0 Å². The number of ketones is 1. The maximum atomic E-state index is 12.7. The van der Waals surface area contributed by atoms with E-state index in [1.54, 1.807) is 12.1 Å². The third-order valence-electron chi connectivity index (χ3n) is 4.45. The van der Waals surface area contributed by atoms with Gasteiger partial charge < -0.3 is 4.98 Å². The molecule has 0 aliphatic carbocycles. The number of thioether (sulfide) groups is 1. The molecule has 3 rings (SSSR count). The van der Waals surface area contributed by atoms with Crippen LogP contribution in [0.1, 0.15) is 42.6 Å². The summed E-state index contributed by atoms with van der Waals surface area (Å²) in [7, 11) is 0. The van der Waals surface area contributed by atoms with Crippen LogP contribution in [0.15, 0.2) is 39.0 Å². The van der Waals surface area contributed by atoms with Gasteiger partial charge in [0.2, 0.25) is 0 Å². The molecule has 148 valence electrons. The molecule has 0 amide bonds. The first-order valence-corrected chi connectivity index (χ1v) is 10.4. The maximum absolute atomic E-state index is 12.7. The minimum Gasteiger partial charge on any atom is -0.327 e. The number of Topliss-reactive ketones (excluding diaryl/α,β-unsaturated/α-hetero) is 1. The molecule has 1 N–H and O–H groups in total. The van der Waals surface area contributed by atoms with E-state index in [1.807, 2.05) is 32.9 Å². The quantitative estimate of drug-likeness (QED) is 0.464. The second kappa shape index (κ2) is 8.60. The van der Waals surface area contributed by atoms with E-state index in [0.717, 1.165) is 12.0 Å². The van der Waals surface area contributed by atoms with Gasteiger partial charge in [-0.15, -0.1) is 0 Å². The van der Waals surface area contributed by atoms with E-state index in [4.69, 9.17) is 0 Å². The van der Waals surface area contributed by atoms with Crippen LogP contribution in [0, 0.1) is 6.92 Å². The van der Waals surface area contributed by atoms with Gasteiger partial charge in [-0.2, -0.15) is 0 Å². The van der Waals surface area contributed by atoms with E-state index in [0.29, 0.717) is 41.4 Å². The molecule has 28 heavy (non-hydrogen) atoms. The Hall–Kier alpha value is -2.61. The maximum Gasteiger partial charge on any atom is 0.332 e. The summed E-state index contributed by atoms with van der Waals surface area (Å²) in [5, 5.41) is 0.464. The smallest absolute Gasteiger partial charge is 0.327 e. The Morgan fingerprint density at radius 3 is 2.36 bits per heavy atom. The zero-order valence-corrected chi connectivity index (χ0v) is 17.1. The molecule has 8 heteroatoms. The predicted molar refractivity (Wildman–Crippen MR) is 111 cm³/mol. The molecule has 0 atom stereocenters. The number of imidazole rings is 1. The SMILES string of the molecule is CCCn1c(=O)c2[nH]c(SCC(=O)c3ccc(C)cc3)nc2n(CCC)c1=O. The number of H-pyrrole nitrogens is 1. The Kier molecular flexibility index (Phi) is 6.18. The Morgan fingerprint density at radius 2 is 1.71 bits per heavy atom. The van der Waals surface area contributed by atoms with Gasteiger partial charge in [0.05, 0.1) is 5.75 Å². The van der Waals surface area contributed by atoms with Crippen LogP contribution in [0.5, 0.6) is 0 Å². The zero-order valence-electron chi connectivity index (χ0n) is 16.3. The molecule has 2 heterocycles. The number of hydrogen-bond acceptors (Lipinski definition) is 5. The van der Waals surface area contributed by atoms with Gasteiger partial charge in [-0.25, -0.2) is 9.78 Å². The Balaban J connectivity index is 1.92. The fourth-order valence-corrected chi connectivity index (χ4v) is 3.78. The number of nitrogens with zero attached hydrogens (tertiary/aromatic N) is 3. The number of benzene rings is 1. The first-order chi connectivity index (χ1) is 13.5. The summed E-state index contributed by atoms with van der Waals surface area (Å²) in [6, 6.07) is 7.41. The lowest BCUT2D eigenvalue weighted by molar-refractivity contribution is 0.102. The van der Waals surface area contributed by atoms with Gasteiger partial charge in [-0.05, 0) is 19.8 Å². The molecule has 0 saturated carbocycles. The lowest BCUT2D eigenvalue weighted by atomic mass is 10.1. The van der Waals surface area contributed by atoms with Gasteiger partial charge in [0.15, 0.2) is 22.1 Å². The van der Waals surface area contributed by atoms with Crippen molar-refractivity contribution in [2.75, 3.05) is 5.75 Å². The minimum atomic E-state index is -0.363. The van der Waals surface area contributed by atoms with Gasteiger partial charge >= 0.3 is 5.69 Å². The van der Waals surface area contributed by atoms with Crippen molar-refractivity contribution < 1.29 is 4.79 Å². The zero-order chi connectivity index (χ0) is 20.3. The van der Waals surface area contributed by atoms with Gasteiger partial charge in [-0.1, -0.05) is 55.4 Å². The molecule has 7 nitrogen and oxygen atoms in total. The summed E-state index contributed by atoms with van der Waals surface area (Å²) in [5.74, 6) is 0.184. The average molecular weight is 401 g/mol. The number of fused-ring (bicyclic) bond motifs is 1. The topological polar surface area (TPSA) is 89.8 Å². The number of carbonyl (C=O) groups excluding carboxylic acids is 1. The number of aromatic amines is 1. The molecule has 0 aliphatic rings.